The van der Waals surface area contributed by atoms with E-state index in [0.717, 1.165) is 11.1 Å². The SMILES string of the molecule is CN1C(=O)c2ccccc2C12OC(C)(C)C2(C)C. The number of ether oxygens (including phenoxy) is 1. The Morgan fingerprint density at radius 3 is 2.28 bits per heavy atom. The fourth-order valence-electron chi connectivity index (χ4n) is 3.33. The van der Waals surface area contributed by atoms with Gasteiger partial charge in [0.05, 0.1) is 5.60 Å². The van der Waals surface area contributed by atoms with Crippen molar-refractivity contribution >= 4 is 5.91 Å². The van der Waals surface area contributed by atoms with Gasteiger partial charge in [-0.25, -0.2) is 0 Å². The summed E-state index contributed by atoms with van der Waals surface area (Å²) in [7, 11) is 1.83. The van der Waals surface area contributed by atoms with Crippen molar-refractivity contribution in [1.82, 2.24) is 4.90 Å². The molecule has 1 amide bonds. The summed E-state index contributed by atoms with van der Waals surface area (Å²) in [6.45, 7) is 8.50. The minimum absolute atomic E-state index is 0.0502. The molecule has 1 unspecified atom stereocenters. The summed E-state index contributed by atoms with van der Waals surface area (Å²) in [4.78, 5) is 14.1. The number of nitrogens with zero attached hydrogens (tertiary/aromatic N) is 1. The van der Waals surface area contributed by atoms with E-state index in [1.54, 1.807) is 4.90 Å². The van der Waals surface area contributed by atoms with Gasteiger partial charge >= 0.3 is 0 Å². The van der Waals surface area contributed by atoms with Crippen LogP contribution in [0.4, 0.5) is 0 Å². The zero-order chi connectivity index (χ0) is 13.3. The van der Waals surface area contributed by atoms with Crippen LogP contribution >= 0.6 is 0 Å². The quantitative estimate of drug-likeness (QED) is 0.703. The Bertz CT molecular complexity index is 547. The Kier molecular flexibility index (Phi) is 1.93. The minimum atomic E-state index is -0.607. The number of amides is 1. The third-order valence-electron chi connectivity index (χ3n) is 5.05. The average molecular weight is 245 g/mol. The van der Waals surface area contributed by atoms with Crippen molar-refractivity contribution in [2.24, 2.45) is 5.41 Å². The van der Waals surface area contributed by atoms with Crippen molar-refractivity contribution in [3.63, 3.8) is 0 Å². The summed E-state index contributed by atoms with van der Waals surface area (Å²) in [6.07, 6.45) is 0. The summed E-state index contributed by atoms with van der Waals surface area (Å²) in [5.74, 6) is 0.0502. The molecule has 1 spiro atoms. The molecule has 1 aromatic rings. The number of carbonyl (C=O) groups excluding carboxylic acids is 1. The monoisotopic (exact) mass is 245 g/mol. The molecule has 2 aliphatic heterocycles. The topological polar surface area (TPSA) is 29.5 Å². The lowest BCUT2D eigenvalue weighted by Gasteiger charge is -2.67. The van der Waals surface area contributed by atoms with Crippen LogP contribution < -0.4 is 0 Å². The molecule has 1 fully saturated rings. The van der Waals surface area contributed by atoms with Gasteiger partial charge in [-0.1, -0.05) is 32.0 Å². The molecule has 0 radical (unpaired) electrons. The maximum absolute atomic E-state index is 12.3. The first-order valence-electron chi connectivity index (χ1n) is 6.33. The van der Waals surface area contributed by atoms with E-state index in [1.165, 1.54) is 0 Å². The minimum Gasteiger partial charge on any atom is -0.344 e. The second-order valence-corrected chi connectivity index (χ2v) is 6.29. The first-order valence-corrected chi connectivity index (χ1v) is 6.33. The number of hydrogen-bond donors (Lipinski definition) is 0. The van der Waals surface area contributed by atoms with E-state index in [-0.39, 0.29) is 16.9 Å². The fourth-order valence-corrected chi connectivity index (χ4v) is 3.33. The molecular weight excluding hydrogens is 226 g/mol. The van der Waals surface area contributed by atoms with Crippen LogP contribution in [0.1, 0.15) is 43.6 Å². The van der Waals surface area contributed by atoms with E-state index < -0.39 is 5.72 Å². The first kappa shape index (κ1) is 11.7. The Hall–Kier alpha value is -1.35. The highest BCUT2D eigenvalue weighted by molar-refractivity contribution is 6.00. The predicted molar refractivity (Wildman–Crippen MR) is 69.2 cm³/mol. The van der Waals surface area contributed by atoms with Crippen molar-refractivity contribution in [2.75, 3.05) is 7.05 Å². The zero-order valence-corrected chi connectivity index (χ0v) is 11.6. The molecule has 1 saturated heterocycles. The van der Waals surface area contributed by atoms with Crippen molar-refractivity contribution in [1.29, 1.82) is 0 Å². The third kappa shape index (κ3) is 0.948. The number of rotatable bonds is 0. The molecule has 0 aliphatic carbocycles. The van der Waals surface area contributed by atoms with E-state index in [0.29, 0.717) is 0 Å². The lowest BCUT2D eigenvalue weighted by molar-refractivity contribution is -0.402. The average Bonchev–Trinajstić information content (AvgIpc) is 2.54. The predicted octanol–water partition coefficient (Wildman–Crippen LogP) is 2.76. The summed E-state index contributed by atoms with van der Waals surface area (Å²) in [6, 6.07) is 7.76. The molecule has 1 atom stereocenters. The van der Waals surface area contributed by atoms with Gasteiger partial charge in [-0.15, -0.1) is 0 Å². The lowest BCUT2D eigenvalue weighted by Crippen LogP contribution is -2.74. The van der Waals surface area contributed by atoms with Crippen LogP contribution in [0.3, 0.4) is 0 Å². The molecule has 0 aromatic heterocycles. The number of hydrogen-bond acceptors (Lipinski definition) is 2. The lowest BCUT2D eigenvalue weighted by atomic mass is 9.61. The van der Waals surface area contributed by atoms with Gasteiger partial charge in [-0.2, -0.15) is 0 Å². The Morgan fingerprint density at radius 2 is 1.72 bits per heavy atom. The van der Waals surface area contributed by atoms with Gasteiger partial charge in [0.25, 0.3) is 5.91 Å². The van der Waals surface area contributed by atoms with Crippen LogP contribution in [0.5, 0.6) is 0 Å². The van der Waals surface area contributed by atoms with Crippen LogP contribution in [0, 0.1) is 5.41 Å². The third-order valence-corrected chi connectivity index (χ3v) is 5.05. The molecule has 0 N–H and O–H groups in total. The van der Waals surface area contributed by atoms with Crippen molar-refractivity contribution in [3.05, 3.63) is 35.4 Å². The summed E-state index contributed by atoms with van der Waals surface area (Å²) in [5, 5.41) is 0. The van der Waals surface area contributed by atoms with E-state index in [1.807, 2.05) is 31.3 Å². The molecule has 0 saturated carbocycles. The summed E-state index contributed by atoms with van der Waals surface area (Å²) < 4.78 is 6.20. The molecule has 0 bridgehead atoms. The highest BCUT2D eigenvalue weighted by atomic mass is 16.6. The van der Waals surface area contributed by atoms with Gasteiger partial charge in [0.2, 0.25) is 0 Å². The molecule has 2 aliphatic rings. The number of carbonyl (C=O) groups is 1. The maximum atomic E-state index is 12.3. The first-order chi connectivity index (χ1) is 8.26. The second-order valence-electron chi connectivity index (χ2n) is 6.29. The highest BCUT2D eigenvalue weighted by Crippen LogP contribution is 2.65. The van der Waals surface area contributed by atoms with Gasteiger partial charge in [0.15, 0.2) is 5.72 Å². The van der Waals surface area contributed by atoms with Crippen LogP contribution in [0.2, 0.25) is 0 Å². The van der Waals surface area contributed by atoms with Crippen molar-refractivity contribution in [2.45, 2.75) is 39.0 Å². The highest BCUT2D eigenvalue weighted by Gasteiger charge is 2.72. The molecule has 3 nitrogen and oxygen atoms in total. The van der Waals surface area contributed by atoms with Crippen LogP contribution in [0.25, 0.3) is 0 Å². The normalized spacial score (nSPS) is 31.4. The standard InChI is InChI=1S/C15H19NO2/c1-13(2)14(3,4)18-15(13)11-9-7-6-8-10(11)12(17)16(15)5/h6-9H,1-5H3. The Balaban J connectivity index is 2.24. The zero-order valence-electron chi connectivity index (χ0n) is 11.6. The molecule has 1 aromatic carbocycles. The van der Waals surface area contributed by atoms with E-state index in [2.05, 4.69) is 27.7 Å². The second kappa shape index (κ2) is 2.97. The smallest absolute Gasteiger partial charge is 0.256 e. The van der Waals surface area contributed by atoms with Gasteiger partial charge in [-0.3, -0.25) is 4.79 Å². The van der Waals surface area contributed by atoms with Crippen molar-refractivity contribution < 1.29 is 9.53 Å². The van der Waals surface area contributed by atoms with E-state index in [4.69, 9.17) is 4.74 Å². The van der Waals surface area contributed by atoms with E-state index in [9.17, 15) is 4.79 Å². The molecule has 18 heavy (non-hydrogen) atoms. The number of benzene rings is 1. The molecule has 3 heteroatoms. The molecule has 96 valence electrons. The molecule has 3 rings (SSSR count). The van der Waals surface area contributed by atoms with Crippen LogP contribution in [-0.4, -0.2) is 23.5 Å². The van der Waals surface area contributed by atoms with Gasteiger partial charge in [-0.05, 0) is 19.9 Å². The Labute approximate surface area is 108 Å². The van der Waals surface area contributed by atoms with Gasteiger partial charge in [0, 0.05) is 23.6 Å². The Morgan fingerprint density at radius 1 is 1.11 bits per heavy atom. The summed E-state index contributed by atoms with van der Waals surface area (Å²) >= 11 is 0. The molecule has 2 heterocycles. The number of fused-ring (bicyclic) bond motifs is 2. The largest absolute Gasteiger partial charge is 0.344 e. The van der Waals surface area contributed by atoms with Crippen molar-refractivity contribution in [3.8, 4) is 0 Å². The molecular formula is C15H19NO2. The van der Waals surface area contributed by atoms with Gasteiger partial charge in [0.1, 0.15) is 0 Å². The fraction of sp³-hybridized carbons (Fsp3) is 0.533. The van der Waals surface area contributed by atoms with Gasteiger partial charge < -0.3 is 9.64 Å². The van der Waals surface area contributed by atoms with Crippen LogP contribution in [0.15, 0.2) is 24.3 Å². The summed E-state index contributed by atoms with van der Waals surface area (Å²) in [5.41, 5.74) is 0.797. The maximum Gasteiger partial charge on any atom is 0.256 e. The van der Waals surface area contributed by atoms with Crippen LogP contribution in [-0.2, 0) is 10.5 Å². The van der Waals surface area contributed by atoms with E-state index >= 15 is 0 Å².